The van der Waals surface area contributed by atoms with Crippen molar-refractivity contribution in [3.8, 4) is 5.75 Å². The summed E-state index contributed by atoms with van der Waals surface area (Å²) in [7, 11) is 0. The molecule has 0 radical (unpaired) electrons. The van der Waals surface area contributed by atoms with Crippen molar-refractivity contribution in [3.63, 3.8) is 0 Å². The summed E-state index contributed by atoms with van der Waals surface area (Å²) in [6.45, 7) is 3.06. The second kappa shape index (κ2) is 5.02. The van der Waals surface area contributed by atoms with E-state index in [1.165, 1.54) is 6.07 Å². The van der Waals surface area contributed by atoms with E-state index in [2.05, 4.69) is 0 Å². The molecule has 0 amide bonds. The van der Waals surface area contributed by atoms with Crippen LogP contribution in [0.5, 0.6) is 5.75 Å². The summed E-state index contributed by atoms with van der Waals surface area (Å²) in [6, 6.07) is 2.47. The van der Waals surface area contributed by atoms with Crippen LogP contribution in [-0.4, -0.2) is 18.3 Å². The fraction of sp³-hybridized carbons (Fsp3) is 0.538. The zero-order chi connectivity index (χ0) is 12.4. The number of nitrogens with two attached hydrogens (primary N) is 1. The third-order valence-corrected chi connectivity index (χ3v) is 3.47. The molecule has 1 fully saturated rings. The van der Waals surface area contributed by atoms with Gasteiger partial charge in [-0.05, 0) is 37.3 Å². The van der Waals surface area contributed by atoms with Gasteiger partial charge in [-0.2, -0.15) is 0 Å². The maximum absolute atomic E-state index is 13.8. The molecule has 3 nitrogen and oxygen atoms in total. The van der Waals surface area contributed by atoms with Gasteiger partial charge in [0.1, 0.15) is 11.6 Å². The summed E-state index contributed by atoms with van der Waals surface area (Å²) >= 11 is 0. The largest absolute Gasteiger partial charge is 0.507 e. The van der Waals surface area contributed by atoms with E-state index in [0.29, 0.717) is 18.8 Å². The second-order valence-corrected chi connectivity index (χ2v) is 4.60. The van der Waals surface area contributed by atoms with Gasteiger partial charge in [0, 0.05) is 24.8 Å². The van der Waals surface area contributed by atoms with Gasteiger partial charge in [0.25, 0.3) is 0 Å². The Morgan fingerprint density at radius 2 is 2.06 bits per heavy atom. The van der Waals surface area contributed by atoms with E-state index in [9.17, 15) is 9.50 Å². The highest BCUT2D eigenvalue weighted by Crippen LogP contribution is 2.36. The fourth-order valence-corrected chi connectivity index (χ4v) is 2.32. The van der Waals surface area contributed by atoms with Crippen LogP contribution in [0.1, 0.15) is 30.0 Å². The highest BCUT2D eigenvalue weighted by Gasteiger charge is 2.27. The molecule has 1 heterocycles. The molecule has 1 aromatic rings. The fourth-order valence-electron chi connectivity index (χ4n) is 2.32. The predicted octanol–water partition coefficient (Wildman–Crippen LogP) is 2.27. The van der Waals surface area contributed by atoms with Crippen molar-refractivity contribution >= 4 is 0 Å². The molecule has 4 heteroatoms. The highest BCUT2D eigenvalue weighted by atomic mass is 19.1. The normalized spacial score (nSPS) is 19.2. The molecule has 2 rings (SSSR count). The first-order chi connectivity index (χ1) is 8.11. The minimum Gasteiger partial charge on any atom is -0.507 e. The van der Waals surface area contributed by atoms with Crippen molar-refractivity contribution in [2.75, 3.05) is 13.2 Å². The Kier molecular flexibility index (Phi) is 3.64. The molecule has 1 atom stereocenters. The Labute approximate surface area is 100 Å². The molecule has 94 valence electrons. The summed E-state index contributed by atoms with van der Waals surface area (Å²) < 4.78 is 19.0. The van der Waals surface area contributed by atoms with Crippen LogP contribution in [0, 0.1) is 18.7 Å². The number of phenolic OH excluding ortho intramolecular Hbond substituents is 1. The predicted molar refractivity (Wildman–Crippen MR) is 63.3 cm³/mol. The first-order valence-electron chi connectivity index (χ1n) is 5.92. The molecule has 0 saturated carbocycles. The number of aryl methyl sites for hydroxylation is 1. The molecule has 0 bridgehead atoms. The zero-order valence-corrected chi connectivity index (χ0v) is 9.95. The van der Waals surface area contributed by atoms with Gasteiger partial charge in [-0.25, -0.2) is 4.39 Å². The molecule has 0 spiro atoms. The number of halogens is 1. The van der Waals surface area contributed by atoms with Gasteiger partial charge in [-0.1, -0.05) is 6.07 Å². The average Bonchev–Trinajstić information content (AvgIpc) is 2.35. The van der Waals surface area contributed by atoms with Crippen molar-refractivity contribution in [3.05, 3.63) is 29.1 Å². The van der Waals surface area contributed by atoms with Crippen LogP contribution in [0.25, 0.3) is 0 Å². The Morgan fingerprint density at radius 1 is 1.41 bits per heavy atom. The first-order valence-corrected chi connectivity index (χ1v) is 5.92. The van der Waals surface area contributed by atoms with Crippen LogP contribution in [-0.2, 0) is 4.74 Å². The van der Waals surface area contributed by atoms with Crippen LogP contribution in [0.4, 0.5) is 4.39 Å². The second-order valence-electron chi connectivity index (χ2n) is 4.60. The maximum Gasteiger partial charge on any atom is 0.131 e. The number of phenols is 1. The average molecular weight is 239 g/mol. The molecule has 1 aliphatic rings. The summed E-state index contributed by atoms with van der Waals surface area (Å²) in [5.41, 5.74) is 6.99. The number of ether oxygens (including phenoxy) is 1. The van der Waals surface area contributed by atoms with Crippen molar-refractivity contribution < 1.29 is 14.2 Å². The minimum atomic E-state index is -0.459. The lowest BCUT2D eigenvalue weighted by molar-refractivity contribution is 0.0577. The molecule has 0 aromatic heterocycles. The Hall–Kier alpha value is -1.13. The lowest BCUT2D eigenvalue weighted by atomic mass is 9.86. The Morgan fingerprint density at radius 3 is 2.71 bits per heavy atom. The quantitative estimate of drug-likeness (QED) is 0.832. The summed E-state index contributed by atoms with van der Waals surface area (Å²) in [4.78, 5) is 0. The van der Waals surface area contributed by atoms with Gasteiger partial charge in [0.15, 0.2) is 0 Å². The van der Waals surface area contributed by atoms with Crippen molar-refractivity contribution in [1.82, 2.24) is 0 Å². The van der Waals surface area contributed by atoms with Crippen LogP contribution in [0.2, 0.25) is 0 Å². The minimum absolute atomic E-state index is 0.0102. The topological polar surface area (TPSA) is 55.5 Å². The number of hydrogen-bond acceptors (Lipinski definition) is 3. The van der Waals surface area contributed by atoms with Gasteiger partial charge in [0.2, 0.25) is 0 Å². The van der Waals surface area contributed by atoms with Crippen molar-refractivity contribution in [2.45, 2.75) is 25.8 Å². The van der Waals surface area contributed by atoms with E-state index in [-0.39, 0.29) is 17.2 Å². The smallest absolute Gasteiger partial charge is 0.131 e. The SMILES string of the molecule is Cc1ccc(F)c([C@H](N)C2CCOCC2)c1O. The number of benzene rings is 1. The molecule has 17 heavy (non-hydrogen) atoms. The van der Waals surface area contributed by atoms with Gasteiger partial charge in [-0.3, -0.25) is 0 Å². The molecular weight excluding hydrogens is 221 g/mol. The summed E-state index contributed by atoms with van der Waals surface area (Å²) in [5, 5.41) is 9.93. The molecule has 3 N–H and O–H groups in total. The van der Waals surface area contributed by atoms with Gasteiger partial charge in [-0.15, -0.1) is 0 Å². The Bertz CT molecular complexity index is 403. The summed E-state index contributed by atoms with van der Waals surface area (Å²) in [6.07, 6.45) is 1.63. The van der Waals surface area contributed by atoms with Gasteiger partial charge >= 0.3 is 0 Å². The van der Waals surface area contributed by atoms with E-state index >= 15 is 0 Å². The van der Waals surface area contributed by atoms with Crippen molar-refractivity contribution in [2.24, 2.45) is 11.7 Å². The van der Waals surface area contributed by atoms with E-state index in [4.69, 9.17) is 10.5 Å². The lowest BCUT2D eigenvalue weighted by Crippen LogP contribution is -2.28. The van der Waals surface area contributed by atoms with Gasteiger partial charge < -0.3 is 15.6 Å². The van der Waals surface area contributed by atoms with Crippen LogP contribution >= 0.6 is 0 Å². The van der Waals surface area contributed by atoms with E-state index in [0.717, 1.165) is 12.8 Å². The van der Waals surface area contributed by atoms with Gasteiger partial charge in [0.05, 0.1) is 0 Å². The first kappa shape index (κ1) is 12.3. The van der Waals surface area contributed by atoms with Crippen molar-refractivity contribution in [1.29, 1.82) is 0 Å². The molecule has 1 aliphatic heterocycles. The third kappa shape index (κ3) is 2.42. The third-order valence-electron chi connectivity index (χ3n) is 3.47. The van der Waals surface area contributed by atoms with Crippen LogP contribution in [0.15, 0.2) is 12.1 Å². The highest BCUT2D eigenvalue weighted by molar-refractivity contribution is 5.42. The monoisotopic (exact) mass is 239 g/mol. The van der Waals surface area contributed by atoms with Crippen LogP contribution in [0.3, 0.4) is 0 Å². The molecule has 1 saturated heterocycles. The van der Waals surface area contributed by atoms with Crippen LogP contribution < -0.4 is 5.73 Å². The Balaban J connectivity index is 2.29. The number of aromatic hydroxyl groups is 1. The number of hydrogen-bond donors (Lipinski definition) is 2. The molecule has 0 unspecified atom stereocenters. The lowest BCUT2D eigenvalue weighted by Gasteiger charge is -2.28. The maximum atomic E-state index is 13.8. The van der Waals surface area contributed by atoms with E-state index in [1.807, 2.05) is 0 Å². The summed E-state index contributed by atoms with van der Waals surface area (Å²) in [5.74, 6) is -0.262. The van der Waals surface area contributed by atoms with E-state index < -0.39 is 11.9 Å². The standard InChI is InChI=1S/C13H18FNO2/c1-8-2-3-10(14)11(13(8)16)12(15)9-4-6-17-7-5-9/h2-3,9,12,16H,4-7,15H2,1H3/t12-/m1/s1. The zero-order valence-electron chi connectivity index (χ0n) is 9.95. The molecular formula is C13H18FNO2. The molecule has 0 aliphatic carbocycles. The molecule has 1 aromatic carbocycles. The number of rotatable bonds is 2. The van der Waals surface area contributed by atoms with E-state index in [1.54, 1.807) is 13.0 Å².